The fraction of sp³-hybridized carbons (Fsp3) is 0.208. The van der Waals surface area contributed by atoms with Crippen LogP contribution in [0.1, 0.15) is 31.0 Å². The summed E-state index contributed by atoms with van der Waals surface area (Å²) in [6.07, 6.45) is 12.5. The molecule has 0 amide bonds. The Labute approximate surface area is 209 Å². The van der Waals surface area contributed by atoms with E-state index in [1.165, 1.54) is 29.6 Å². The van der Waals surface area contributed by atoms with E-state index >= 15 is 4.39 Å². The van der Waals surface area contributed by atoms with Crippen LogP contribution in [0.3, 0.4) is 0 Å². The fourth-order valence-electron chi connectivity index (χ4n) is 4.31. The number of rotatable bonds is 7. The molecule has 1 aromatic carbocycles. The number of tetrazole rings is 1. The number of aromatic nitrogens is 9. The minimum absolute atomic E-state index is 0.0660. The number of halogens is 2. The van der Waals surface area contributed by atoms with Gasteiger partial charge in [-0.05, 0) is 47.0 Å². The summed E-state index contributed by atoms with van der Waals surface area (Å²) in [5.74, 6) is -0.133. The minimum Gasteiger partial charge on any atom is -0.618 e. The summed E-state index contributed by atoms with van der Waals surface area (Å²) >= 11 is 6.07. The first kappa shape index (κ1) is 22.2. The molecule has 180 valence electrons. The zero-order valence-electron chi connectivity index (χ0n) is 18.8. The summed E-state index contributed by atoms with van der Waals surface area (Å²) in [5.41, 5.74) is 2.94. The van der Waals surface area contributed by atoms with Crippen molar-refractivity contribution in [2.75, 3.05) is 0 Å². The molecule has 0 unspecified atom stereocenters. The molecular formula is C24H19ClFN9O. The van der Waals surface area contributed by atoms with Crippen molar-refractivity contribution in [2.45, 2.75) is 25.3 Å². The highest BCUT2D eigenvalue weighted by atomic mass is 35.5. The smallest absolute Gasteiger partial charge is 0.217 e. The minimum atomic E-state index is -0.659. The topological polar surface area (TPSA) is 114 Å². The molecule has 5 aromatic rings. The Hall–Kier alpha value is -4.25. The summed E-state index contributed by atoms with van der Waals surface area (Å²) in [5, 5.41) is 28.9. The summed E-state index contributed by atoms with van der Waals surface area (Å²) in [6, 6.07) is 7.97. The molecule has 0 aliphatic heterocycles. The van der Waals surface area contributed by atoms with Gasteiger partial charge in [0, 0.05) is 24.0 Å². The van der Waals surface area contributed by atoms with Gasteiger partial charge in [-0.15, -0.1) is 5.10 Å². The highest BCUT2D eigenvalue weighted by molar-refractivity contribution is 6.31. The molecule has 1 saturated carbocycles. The van der Waals surface area contributed by atoms with E-state index in [0.717, 1.165) is 35.3 Å². The Morgan fingerprint density at radius 3 is 2.78 bits per heavy atom. The zero-order valence-corrected chi connectivity index (χ0v) is 19.6. The molecule has 1 aliphatic carbocycles. The van der Waals surface area contributed by atoms with Crippen molar-refractivity contribution in [1.82, 2.24) is 40.0 Å². The number of nitrogens with zero attached hydrogens (tertiary/aromatic N) is 9. The number of pyridine rings is 1. The van der Waals surface area contributed by atoms with Crippen LogP contribution in [0.5, 0.6) is 0 Å². The second kappa shape index (κ2) is 9.08. The van der Waals surface area contributed by atoms with Crippen molar-refractivity contribution >= 4 is 11.6 Å². The molecule has 0 saturated heterocycles. The summed E-state index contributed by atoms with van der Waals surface area (Å²) < 4.78 is 19.1. The standard InChI is InChI=1S/C24H19ClFN9O/c25-18-4-6-21(34-14-29-31-32-34)23(24(18)26)16-3-5-20(35(36)12-16)22(9-15-1-2-15)33-11-17(10-30-33)19-7-8-27-13-28-19/h3-8,10-15,22H,1-2,9H2/t22-/m0/s1. The Morgan fingerprint density at radius 1 is 1.17 bits per heavy atom. The van der Waals surface area contributed by atoms with Gasteiger partial charge in [-0.25, -0.2) is 14.4 Å². The van der Waals surface area contributed by atoms with E-state index in [0.29, 0.717) is 22.9 Å². The Kier molecular flexibility index (Phi) is 5.61. The average Bonchev–Trinajstić information content (AvgIpc) is 3.33. The van der Waals surface area contributed by atoms with Crippen molar-refractivity contribution in [1.29, 1.82) is 0 Å². The van der Waals surface area contributed by atoms with Crippen LogP contribution in [0, 0.1) is 16.9 Å². The quantitative estimate of drug-likeness (QED) is 0.245. The SMILES string of the molecule is [O-][n+]1cc(-c2c(-n3cnnn3)ccc(Cl)c2F)ccc1[C@H](CC1CC1)n1cc(-c2ccncn2)cn1. The van der Waals surface area contributed by atoms with Crippen molar-refractivity contribution in [3.05, 3.63) is 89.5 Å². The van der Waals surface area contributed by atoms with E-state index in [9.17, 15) is 5.21 Å². The van der Waals surface area contributed by atoms with Gasteiger partial charge in [0.05, 0.1) is 33.7 Å². The van der Waals surface area contributed by atoms with Gasteiger partial charge in [0.25, 0.3) is 0 Å². The van der Waals surface area contributed by atoms with Gasteiger partial charge in [-0.3, -0.25) is 4.68 Å². The number of hydrogen-bond acceptors (Lipinski definition) is 7. The third kappa shape index (κ3) is 4.17. The first-order valence-corrected chi connectivity index (χ1v) is 11.7. The van der Waals surface area contributed by atoms with Crippen LogP contribution in [0.2, 0.25) is 5.02 Å². The molecule has 0 N–H and O–H groups in total. The molecule has 36 heavy (non-hydrogen) atoms. The van der Waals surface area contributed by atoms with Crippen LogP contribution >= 0.6 is 11.6 Å². The van der Waals surface area contributed by atoms with E-state index in [1.807, 2.05) is 12.3 Å². The first-order valence-electron chi connectivity index (χ1n) is 11.3. The van der Waals surface area contributed by atoms with E-state index in [-0.39, 0.29) is 16.6 Å². The van der Waals surface area contributed by atoms with Crippen LogP contribution < -0.4 is 4.73 Å². The molecule has 1 atom stereocenters. The average molecular weight is 504 g/mol. The lowest BCUT2D eigenvalue weighted by molar-refractivity contribution is -0.615. The van der Waals surface area contributed by atoms with Crippen LogP contribution in [0.15, 0.2) is 67.8 Å². The van der Waals surface area contributed by atoms with Crippen molar-refractivity contribution in [3.8, 4) is 28.1 Å². The van der Waals surface area contributed by atoms with Crippen LogP contribution in [-0.2, 0) is 0 Å². The predicted molar refractivity (Wildman–Crippen MR) is 127 cm³/mol. The van der Waals surface area contributed by atoms with Gasteiger partial charge < -0.3 is 5.21 Å². The first-order chi connectivity index (χ1) is 17.6. The molecule has 0 spiro atoms. The van der Waals surface area contributed by atoms with Crippen LogP contribution in [-0.4, -0.2) is 40.0 Å². The van der Waals surface area contributed by atoms with Crippen molar-refractivity contribution < 1.29 is 9.12 Å². The second-order valence-electron chi connectivity index (χ2n) is 8.68. The summed E-state index contributed by atoms with van der Waals surface area (Å²) in [4.78, 5) is 8.24. The molecule has 10 nitrogen and oxygen atoms in total. The lowest BCUT2D eigenvalue weighted by Gasteiger charge is -2.18. The molecule has 4 heterocycles. The van der Waals surface area contributed by atoms with Crippen LogP contribution in [0.25, 0.3) is 28.1 Å². The monoisotopic (exact) mass is 503 g/mol. The van der Waals surface area contributed by atoms with E-state index in [2.05, 4.69) is 30.6 Å². The number of hydrogen-bond donors (Lipinski definition) is 0. The Balaban J connectivity index is 1.40. The summed E-state index contributed by atoms with van der Waals surface area (Å²) in [6.45, 7) is 0. The lowest BCUT2D eigenvalue weighted by atomic mass is 10.0. The Morgan fingerprint density at radius 2 is 2.06 bits per heavy atom. The normalized spacial score (nSPS) is 14.2. The van der Waals surface area contributed by atoms with Gasteiger partial charge in [0.1, 0.15) is 18.7 Å². The van der Waals surface area contributed by atoms with E-state index in [1.54, 1.807) is 35.3 Å². The van der Waals surface area contributed by atoms with Gasteiger partial charge >= 0.3 is 0 Å². The third-order valence-electron chi connectivity index (χ3n) is 6.30. The van der Waals surface area contributed by atoms with Gasteiger partial charge in [-0.2, -0.15) is 14.5 Å². The predicted octanol–water partition coefficient (Wildman–Crippen LogP) is 3.80. The molecule has 1 fully saturated rings. The van der Waals surface area contributed by atoms with Crippen LogP contribution in [0.4, 0.5) is 4.39 Å². The lowest BCUT2D eigenvalue weighted by Crippen LogP contribution is -2.35. The van der Waals surface area contributed by atoms with E-state index < -0.39 is 5.82 Å². The fourth-order valence-corrected chi connectivity index (χ4v) is 4.47. The zero-order chi connectivity index (χ0) is 24.6. The highest BCUT2D eigenvalue weighted by Crippen LogP contribution is 2.39. The molecule has 4 aromatic heterocycles. The molecule has 1 aliphatic rings. The molecule has 6 rings (SSSR count). The maximum Gasteiger partial charge on any atom is 0.217 e. The van der Waals surface area contributed by atoms with Crippen molar-refractivity contribution in [2.24, 2.45) is 5.92 Å². The maximum absolute atomic E-state index is 15.2. The maximum atomic E-state index is 15.2. The second-order valence-corrected chi connectivity index (χ2v) is 9.08. The van der Waals surface area contributed by atoms with Gasteiger partial charge in [0.2, 0.25) is 5.69 Å². The van der Waals surface area contributed by atoms with Crippen molar-refractivity contribution in [3.63, 3.8) is 0 Å². The summed E-state index contributed by atoms with van der Waals surface area (Å²) in [7, 11) is 0. The Bertz CT molecular complexity index is 1520. The van der Waals surface area contributed by atoms with Gasteiger partial charge in [0.15, 0.2) is 12.0 Å². The largest absolute Gasteiger partial charge is 0.618 e. The molecule has 12 heteroatoms. The highest BCUT2D eigenvalue weighted by Gasteiger charge is 2.32. The van der Waals surface area contributed by atoms with E-state index in [4.69, 9.17) is 11.6 Å². The molecular weight excluding hydrogens is 485 g/mol. The van der Waals surface area contributed by atoms with Gasteiger partial charge in [-0.1, -0.05) is 24.4 Å². The molecule has 0 bridgehead atoms. The third-order valence-corrected chi connectivity index (χ3v) is 6.59. The number of benzene rings is 1. The molecule has 0 radical (unpaired) electrons.